The van der Waals surface area contributed by atoms with Crippen molar-refractivity contribution in [3.63, 3.8) is 0 Å². The van der Waals surface area contributed by atoms with E-state index in [2.05, 4.69) is 25.4 Å². The number of rotatable bonds is 7. The Morgan fingerprint density at radius 3 is 2.86 bits per heavy atom. The Hall–Kier alpha value is -2.85. The Morgan fingerprint density at radius 1 is 1.25 bits per heavy atom. The van der Waals surface area contributed by atoms with Gasteiger partial charge in [-0.2, -0.15) is 9.89 Å². The first-order valence-corrected chi connectivity index (χ1v) is 9.35. The van der Waals surface area contributed by atoms with Crippen LogP contribution in [-0.2, 0) is 9.47 Å². The van der Waals surface area contributed by atoms with Crippen molar-refractivity contribution < 1.29 is 14.3 Å². The Labute approximate surface area is 161 Å². The fraction of sp³-hybridized carbons (Fsp3) is 0.500. The Morgan fingerprint density at radius 2 is 2.11 bits per heavy atom. The molecule has 4 rings (SSSR count). The second-order valence-electron chi connectivity index (χ2n) is 6.74. The van der Waals surface area contributed by atoms with Gasteiger partial charge >= 0.3 is 0 Å². The zero-order valence-corrected chi connectivity index (χ0v) is 15.7. The first kappa shape index (κ1) is 18.5. The molecule has 3 aromatic rings. The maximum atomic E-state index is 12.9. The van der Waals surface area contributed by atoms with Crippen LogP contribution < -0.4 is 5.32 Å². The Kier molecular flexibility index (Phi) is 5.58. The standard InChI is InChI=1S/C18H23N7O3/c1-27-8-9-28-14-4-2-13(3-5-14)23-18(26)16-17-15(20-11-21-16)10-22-25(17)24-7-6-19-12-24/h6-7,10-14H,2-5,8-9H2,1H3,(H,23,26). The van der Waals surface area contributed by atoms with E-state index in [0.717, 1.165) is 25.7 Å². The molecule has 3 heterocycles. The molecule has 0 spiro atoms. The summed E-state index contributed by atoms with van der Waals surface area (Å²) in [5, 5.41) is 7.41. The highest BCUT2D eigenvalue weighted by molar-refractivity contribution is 6.02. The molecule has 0 unspecified atom stereocenters. The fourth-order valence-corrected chi connectivity index (χ4v) is 3.48. The number of fused-ring (bicyclic) bond motifs is 1. The van der Waals surface area contributed by atoms with Crippen LogP contribution in [0.5, 0.6) is 0 Å². The highest BCUT2D eigenvalue weighted by Crippen LogP contribution is 2.22. The van der Waals surface area contributed by atoms with E-state index in [4.69, 9.17) is 9.47 Å². The van der Waals surface area contributed by atoms with Gasteiger partial charge in [0.2, 0.25) is 0 Å². The van der Waals surface area contributed by atoms with Crippen LogP contribution in [0, 0.1) is 0 Å². The molecule has 0 atom stereocenters. The van der Waals surface area contributed by atoms with Crippen molar-refractivity contribution in [1.29, 1.82) is 0 Å². The zero-order chi connectivity index (χ0) is 19.3. The average molecular weight is 385 g/mol. The van der Waals surface area contributed by atoms with Crippen molar-refractivity contribution in [3.8, 4) is 0 Å². The van der Waals surface area contributed by atoms with Gasteiger partial charge in [0.05, 0.1) is 25.5 Å². The van der Waals surface area contributed by atoms with Gasteiger partial charge in [-0.05, 0) is 25.7 Å². The Bertz CT molecular complexity index is 917. The van der Waals surface area contributed by atoms with Gasteiger partial charge in [0.15, 0.2) is 5.69 Å². The number of hydrogen-bond acceptors (Lipinski definition) is 7. The summed E-state index contributed by atoms with van der Waals surface area (Å²) in [5.41, 5.74) is 1.45. The highest BCUT2D eigenvalue weighted by atomic mass is 16.5. The molecule has 1 aliphatic rings. The molecule has 0 aromatic carbocycles. The molecule has 1 fully saturated rings. The fourth-order valence-electron chi connectivity index (χ4n) is 3.48. The van der Waals surface area contributed by atoms with E-state index in [1.54, 1.807) is 41.5 Å². The summed E-state index contributed by atoms with van der Waals surface area (Å²) in [6.07, 6.45) is 11.8. The zero-order valence-electron chi connectivity index (χ0n) is 15.7. The predicted octanol–water partition coefficient (Wildman–Crippen LogP) is 1.04. The van der Waals surface area contributed by atoms with Crippen molar-refractivity contribution in [2.75, 3.05) is 20.3 Å². The predicted molar refractivity (Wildman–Crippen MR) is 99.7 cm³/mol. The van der Waals surface area contributed by atoms with Crippen molar-refractivity contribution in [3.05, 3.63) is 36.9 Å². The minimum Gasteiger partial charge on any atom is -0.382 e. The van der Waals surface area contributed by atoms with E-state index < -0.39 is 0 Å². The maximum absolute atomic E-state index is 12.9. The van der Waals surface area contributed by atoms with Crippen LogP contribution in [-0.4, -0.2) is 67.9 Å². The van der Waals surface area contributed by atoms with Crippen LogP contribution in [0.15, 0.2) is 31.2 Å². The molecule has 1 saturated carbocycles. The van der Waals surface area contributed by atoms with Crippen LogP contribution in [0.2, 0.25) is 0 Å². The third-order valence-electron chi connectivity index (χ3n) is 4.91. The van der Waals surface area contributed by atoms with Gasteiger partial charge in [0.1, 0.15) is 23.7 Å². The summed E-state index contributed by atoms with van der Waals surface area (Å²) in [5.74, 6) is -0.224. The largest absolute Gasteiger partial charge is 0.382 e. The minimum absolute atomic E-state index is 0.101. The number of nitrogens with zero attached hydrogens (tertiary/aromatic N) is 6. The van der Waals surface area contributed by atoms with Crippen molar-refractivity contribution >= 4 is 16.9 Å². The van der Waals surface area contributed by atoms with Crippen molar-refractivity contribution in [2.45, 2.75) is 37.8 Å². The van der Waals surface area contributed by atoms with Gasteiger partial charge < -0.3 is 14.8 Å². The van der Waals surface area contributed by atoms with Gasteiger partial charge in [-0.25, -0.2) is 19.6 Å². The molecule has 0 aliphatic heterocycles. The lowest BCUT2D eigenvalue weighted by molar-refractivity contribution is -0.00409. The summed E-state index contributed by atoms with van der Waals surface area (Å²) in [7, 11) is 1.67. The summed E-state index contributed by atoms with van der Waals surface area (Å²) in [6, 6.07) is 0.101. The quantitative estimate of drug-likeness (QED) is 0.605. The number of imidazole rings is 1. The number of methoxy groups -OCH3 is 1. The highest BCUT2D eigenvalue weighted by Gasteiger charge is 2.25. The molecule has 10 heteroatoms. The number of aromatic nitrogens is 6. The lowest BCUT2D eigenvalue weighted by Crippen LogP contribution is -2.39. The summed E-state index contributed by atoms with van der Waals surface area (Å²) in [4.78, 5) is 27.0. The molecular weight excluding hydrogens is 362 g/mol. The molecule has 0 bridgehead atoms. The third-order valence-corrected chi connectivity index (χ3v) is 4.91. The second kappa shape index (κ2) is 8.44. The number of carbonyl (C=O) groups is 1. The number of carbonyl (C=O) groups excluding carboxylic acids is 1. The molecule has 3 aromatic heterocycles. The van der Waals surface area contributed by atoms with Gasteiger partial charge in [-0.15, -0.1) is 0 Å². The SMILES string of the molecule is COCCOC1CCC(NC(=O)c2ncnc3cnn(-n4ccnc4)c23)CC1. The lowest BCUT2D eigenvalue weighted by Gasteiger charge is -2.29. The first-order chi connectivity index (χ1) is 13.8. The summed E-state index contributed by atoms with van der Waals surface area (Å²) < 4.78 is 12.5. The molecule has 1 amide bonds. The molecule has 1 aliphatic carbocycles. The smallest absolute Gasteiger partial charge is 0.272 e. The topological polar surface area (TPSA) is 109 Å². The van der Waals surface area contributed by atoms with E-state index in [0.29, 0.717) is 29.9 Å². The van der Waals surface area contributed by atoms with E-state index >= 15 is 0 Å². The van der Waals surface area contributed by atoms with E-state index in [9.17, 15) is 4.79 Å². The molecular formula is C18H23N7O3. The van der Waals surface area contributed by atoms with Crippen LogP contribution in [0.1, 0.15) is 36.2 Å². The van der Waals surface area contributed by atoms with Crippen LogP contribution in [0.4, 0.5) is 0 Å². The van der Waals surface area contributed by atoms with E-state index in [-0.39, 0.29) is 18.1 Å². The van der Waals surface area contributed by atoms with Crippen molar-refractivity contribution in [1.82, 2.24) is 34.8 Å². The molecule has 0 radical (unpaired) electrons. The maximum Gasteiger partial charge on any atom is 0.272 e. The van der Waals surface area contributed by atoms with Crippen LogP contribution in [0.3, 0.4) is 0 Å². The first-order valence-electron chi connectivity index (χ1n) is 9.35. The van der Waals surface area contributed by atoms with Gasteiger partial charge in [-0.3, -0.25) is 4.79 Å². The number of hydrogen-bond donors (Lipinski definition) is 1. The molecule has 0 saturated heterocycles. The number of nitrogens with one attached hydrogen (secondary N) is 1. The van der Waals surface area contributed by atoms with E-state index in [1.807, 2.05) is 0 Å². The number of amides is 1. The van der Waals surface area contributed by atoms with Gasteiger partial charge in [0, 0.05) is 25.5 Å². The third kappa shape index (κ3) is 3.87. The minimum atomic E-state index is -0.224. The summed E-state index contributed by atoms with van der Waals surface area (Å²) in [6.45, 7) is 1.21. The normalized spacial score (nSPS) is 19.8. The Balaban J connectivity index is 1.45. The number of ether oxygens (including phenoxy) is 2. The molecule has 28 heavy (non-hydrogen) atoms. The second-order valence-corrected chi connectivity index (χ2v) is 6.74. The van der Waals surface area contributed by atoms with Gasteiger partial charge in [0.25, 0.3) is 5.91 Å². The summed E-state index contributed by atoms with van der Waals surface area (Å²) >= 11 is 0. The molecule has 148 valence electrons. The molecule has 10 nitrogen and oxygen atoms in total. The monoisotopic (exact) mass is 385 g/mol. The lowest BCUT2D eigenvalue weighted by atomic mass is 9.93. The van der Waals surface area contributed by atoms with Gasteiger partial charge in [-0.1, -0.05) is 0 Å². The van der Waals surface area contributed by atoms with Crippen molar-refractivity contribution in [2.24, 2.45) is 0 Å². The van der Waals surface area contributed by atoms with E-state index in [1.165, 1.54) is 6.33 Å². The molecule has 1 N–H and O–H groups in total. The van der Waals surface area contributed by atoms with Crippen LogP contribution >= 0.6 is 0 Å². The van der Waals surface area contributed by atoms with Crippen LogP contribution in [0.25, 0.3) is 11.0 Å². The average Bonchev–Trinajstić information content (AvgIpc) is 3.38.